The van der Waals surface area contributed by atoms with Crippen LogP contribution in [0.2, 0.25) is 0 Å². The van der Waals surface area contributed by atoms with Crippen molar-refractivity contribution in [3.63, 3.8) is 0 Å². The number of hydrogen-bond acceptors (Lipinski definition) is 5. The summed E-state index contributed by atoms with van der Waals surface area (Å²) in [7, 11) is 0. The molecule has 0 aliphatic heterocycles. The first-order chi connectivity index (χ1) is 9.11. The summed E-state index contributed by atoms with van der Waals surface area (Å²) in [5.41, 5.74) is 5.90. The van der Waals surface area contributed by atoms with Crippen LogP contribution in [-0.4, -0.2) is 34.3 Å². The van der Waals surface area contributed by atoms with Gasteiger partial charge >= 0.3 is 0 Å². The minimum Gasteiger partial charge on any atom is -0.396 e. The summed E-state index contributed by atoms with van der Waals surface area (Å²) in [4.78, 5) is 11.2. The standard InChI is InChI=1S/C14H24N4O/c1-10(2)14-16-12(15)9-13(17-14)18(7-4-8-19)11-5-3-6-11/h9-11,19H,3-8H2,1-2H3,(H2,15,16,17). The van der Waals surface area contributed by atoms with Crippen molar-refractivity contribution in [1.29, 1.82) is 0 Å². The highest BCUT2D eigenvalue weighted by atomic mass is 16.3. The third-order valence-corrected chi connectivity index (χ3v) is 3.63. The fourth-order valence-electron chi connectivity index (χ4n) is 2.30. The van der Waals surface area contributed by atoms with Gasteiger partial charge in [0.05, 0.1) is 0 Å². The van der Waals surface area contributed by atoms with Crippen LogP contribution >= 0.6 is 0 Å². The minimum absolute atomic E-state index is 0.209. The van der Waals surface area contributed by atoms with Crippen LogP contribution in [0.1, 0.15) is 51.3 Å². The van der Waals surface area contributed by atoms with Crippen LogP contribution in [0.3, 0.4) is 0 Å². The van der Waals surface area contributed by atoms with Crippen LogP contribution < -0.4 is 10.6 Å². The average Bonchev–Trinajstić information content (AvgIpc) is 2.31. The van der Waals surface area contributed by atoms with Gasteiger partial charge in [0.25, 0.3) is 0 Å². The van der Waals surface area contributed by atoms with Crippen molar-refractivity contribution in [3.8, 4) is 0 Å². The van der Waals surface area contributed by atoms with Gasteiger partial charge in [0, 0.05) is 31.2 Å². The Balaban J connectivity index is 2.24. The van der Waals surface area contributed by atoms with Crippen molar-refractivity contribution in [2.75, 3.05) is 23.8 Å². The summed E-state index contributed by atoms with van der Waals surface area (Å²) >= 11 is 0. The van der Waals surface area contributed by atoms with Crippen molar-refractivity contribution in [2.45, 2.75) is 51.5 Å². The van der Waals surface area contributed by atoms with Crippen molar-refractivity contribution in [1.82, 2.24) is 9.97 Å². The lowest BCUT2D eigenvalue weighted by molar-refractivity contribution is 0.282. The van der Waals surface area contributed by atoms with E-state index < -0.39 is 0 Å². The molecule has 5 heteroatoms. The van der Waals surface area contributed by atoms with Gasteiger partial charge in [0.1, 0.15) is 17.5 Å². The zero-order valence-corrected chi connectivity index (χ0v) is 11.8. The number of nitrogens with zero attached hydrogens (tertiary/aromatic N) is 3. The van der Waals surface area contributed by atoms with E-state index in [-0.39, 0.29) is 12.5 Å². The molecule has 19 heavy (non-hydrogen) atoms. The largest absolute Gasteiger partial charge is 0.396 e. The van der Waals surface area contributed by atoms with Crippen molar-refractivity contribution in [3.05, 3.63) is 11.9 Å². The van der Waals surface area contributed by atoms with E-state index in [1.54, 1.807) is 0 Å². The molecule has 1 aromatic heterocycles. The Bertz CT molecular complexity index is 418. The van der Waals surface area contributed by atoms with Crippen LogP contribution in [0.15, 0.2) is 6.07 Å². The molecule has 106 valence electrons. The normalized spacial score (nSPS) is 15.6. The second kappa shape index (κ2) is 6.19. The molecule has 0 spiro atoms. The molecule has 1 heterocycles. The lowest BCUT2D eigenvalue weighted by Crippen LogP contribution is -2.41. The number of aliphatic hydroxyl groups excluding tert-OH is 1. The van der Waals surface area contributed by atoms with Crippen LogP contribution in [0, 0.1) is 0 Å². The summed E-state index contributed by atoms with van der Waals surface area (Å²) in [6.07, 6.45) is 4.44. The van der Waals surface area contributed by atoms with Crippen LogP contribution in [0.25, 0.3) is 0 Å². The maximum absolute atomic E-state index is 9.05. The highest BCUT2D eigenvalue weighted by Gasteiger charge is 2.26. The van der Waals surface area contributed by atoms with E-state index in [1.165, 1.54) is 19.3 Å². The van der Waals surface area contributed by atoms with Gasteiger partial charge in [-0.2, -0.15) is 0 Å². The Morgan fingerprint density at radius 2 is 2.16 bits per heavy atom. The Hall–Kier alpha value is -1.36. The van der Waals surface area contributed by atoms with E-state index >= 15 is 0 Å². The van der Waals surface area contributed by atoms with Gasteiger partial charge in [-0.05, 0) is 25.7 Å². The fraction of sp³-hybridized carbons (Fsp3) is 0.714. The molecule has 1 saturated carbocycles. The number of anilines is 2. The Kier molecular flexibility index (Phi) is 4.58. The first-order valence-electron chi connectivity index (χ1n) is 7.13. The van der Waals surface area contributed by atoms with Gasteiger partial charge in [0.2, 0.25) is 0 Å². The van der Waals surface area contributed by atoms with E-state index in [9.17, 15) is 0 Å². The lowest BCUT2D eigenvalue weighted by atomic mass is 9.91. The number of hydrogen-bond donors (Lipinski definition) is 2. The number of nitrogen functional groups attached to an aromatic ring is 1. The van der Waals surface area contributed by atoms with E-state index in [2.05, 4.69) is 28.7 Å². The second-order valence-corrected chi connectivity index (χ2v) is 5.52. The van der Waals surface area contributed by atoms with Crippen LogP contribution in [0.4, 0.5) is 11.6 Å². The molecule has 1 aliphatic rings. The van der Waals surface area contributed by atoms with E-state index in [0.29, 0.717) is 11.9 Å². The average molecular weight is 264 g/mol. The summed E-state index contributed by atoms with van der Waals surface area (Å²) in [5.74, 6) is 2.50. The summed E-state index contributed by atoms with van der Waals surface area (Å²) in [6.45, 7) is 5.18. The van der Waals surface area contributed by atoms with Gasteiger partial charge in [-0.1, -0.05) is 13.8 Å². The van der Waals surface area contributed by atoms with E-state index in [1.807, 2.05) is 6.07 Å². The molecular formula is C14H24N4O. The fourth-order valence-corrected chi connectivity index (χ4v) is 2.30. The summed E-state index contributed by atoms with van der Waals surface area (Å²) < 4.78 is 0. The first kappa shape index (κ1) is 14.1. The number of rotatable bonds is 6. The molecule has 3 N–H and O–H groups in total. The molecule has 0 aromatic carbocycles. The van der Waals surface area contributed by atoms with Gasteiger partial charge in [-0.15, -0.1) is 0 Å². The van der Waals surface area contributed by atoms with Gasteiger partial charge in [-0.25, -0.2) is 9.97 Å². The molecule has 1 fully saturated rings. The van der Waals surface area contributed by atoms with E-state index in [0.717, 1.165) is 24.6 Å². The van der Waals surface area contributed by atoms with Crippen molar-refractivity contribution < 1.29 is 5.11 Å². The molecule has 0 unspecified atom stereocenters. The monoisotopic (exact) mass is 264 g/mol. The molecule has 0 bridgehead atoms. The zero-order valence-electron chi connectivity index (χ0n) is 11.8. The zero-order chi connectivity index (χ0) is 13.8. The highest BCUT2D eigenvalue weighted by molar-refractivity contribution is 5.48. The number of aromatic nitrogens is 2. The molecule has 0 atom stereocenters. The third-order valence-electron chi connectivity index (χ3n) is 3.63. The number of nitrogens with two attached hydrogens (primary N) is 1. The molecular weight excluding hydrogens is 240 g/mol. The molecule has 5 nitrogen and oxygen atoms in total. The minimum atomic E-state index is 0.209. The van der Waals surface area contributed by atoms with Gasteiger partial charge in [0.15, 0.2) is 0 Å². The summed E-state index contributed by atoms with van der Waals surface area (Å²) in [5, 5.41) is 9.05. The molecule has 1 aromatic rings. The molecule has 0 saturated heterocycles. The molecule has 0 radical (unpaired) electrons. The predicted molar refractivity (Wildman–Crippen MR) is 77.2 cm³/mol. The van der Waals surface area contributed by atoms with Crippen molar-refractivity contribution in [2.24, 2.45) is 0 Å². The molecule has 0 amide bonds. The smallest absolute Gasteiger partial charge is 0.135 e. The SMILES string of the molecule is CC(C)c1nc(N)cc(N(CCCO)C2CCC2)n1. The van der Waals surface area contributed by atoms with Crippen LogP contribution in [0.5, 0.6) is 0 Å². The van der Waals surface area contributed by atoms with Gasteiger partial charge < -0.3 is 15.7 Å². The Morgan fingerprint density at radius 1 is 1.42 bits per heavy atom. The second-order valence-electron chi connectivity index (χ2n) is 5.52. The number of aliphatic hydroxyl groups is 1. The topological polar surface area (TPSA) is 75.3 Å². The molecule has 1 aliphatic carbocycles. The highest BCUT2D eigenvalue weighted by Crippen LogP contribution is 2.30. The maximum Gasteiger partial charge on any atom is 0.135 e. The van der Waals surface area contributed by atoms with Crippen LogP contribution in [-0.2, 0) is 0 Å². The lowest BCUT2D eigenvalue weighted by Gasteiger charge is -2.38. The summed E-state index contributed by atoms with van der Waals surface area (Å²) in [6, 6.07) is 2.39. The molecule has 2 rings (SSSR count). The Morgan fingerprint density at radius 3 is 2.68 bits per heavy atom. The van der Waals surface area contributed by atoms with Crippen molar-refractivity contribution >= 4 is 11.6 Å². The van der Waals surface area contributed by atoms with E-state index in [4.69, 9.17) is 10.8 Å². The maximum atomic E-state index is 9.05. The quantitative estimate of drug-likeness (QED) is 0.821. The third kappa shape index (κ3) is 3.35. The van der Waals surface area contributed by atoms with Gasteiger partial charge in [-0.3, -0.25) is 0 Å². The first-order valence-corrected chi connectivity index (χ1v) is 7.13. The predicted octanol–water partition coefficient (Wildman–Crippen LogP) is 1.92. The Labute approximate surface area is 114 Å².